The van der Waals surface area contributed by atoms with Gasteiger partial charge < -0.3 is 19.2 Å². The van der Waals surface area contributed by atoms with Crippen LogP contribution in [-0.4, -0.2) is 24.6 Å². The van der Waals surface area contributed by atoms with E-state index in [2.05, 4.69) is 5.32 Å². The number of benzene rings is 2. The number of ether oxygens (including phenoxy) is 2. The molecule has 0 aliphatic carbocycles. The maximum Gasteiger partial charge on any atom is 0.376 e. The van der Waals surface area contributed by atoms with Gasteiger partial charge in [-0.3, -0.25) is 4.79 Å². The molecule has 1 aromatic heterocycles. The topological polar surface area (TPSA) is 77.8 Å². The van der Waals surface area contributed by atoms with E-state index in [9.17, 15) is 9.59 Å². The van der Waals surface area contributed by atoms with Crippen molar-refractivity contribution < 1.29 is 23.5 Å². The highest BCUT2D eigenvalue weighted by molar-refractivity contribution is 6.10. The van der Waals surface area contributed by atoms with Crippen molar-refractivity contribution in [2.75, 3.05) is 11.9 Å². The summed E-state index contributed by atoms with van der Waals surface area (Å²) in [6.07, 6.45) is -0.763. The Morgan fingerprint density at radius 3 is 2.50 bits per heavy atom. The standard InChI is InChI=1S/C20H19NO5/c1-3-24-20(23)18-17(15-11-7-8-12-16(15)26-18)21-19(22)13(2)25-14-9-5-4-6-10-14/h4-13H,3H2,1-2H3,(H,21,22)/t13-/m1/s1. The number of hydrogen-bond donors (Lipinski definition) is 1. The van der Waals surface area contributed by atoms with Crippen molar-refractivity contribution in [3.63, 3.8) is 0 Å². The molecule has 1 heterocycles. The molecule has 0 saturated heterocycles. The average Bonchev–Trinajstić information content (AvgIpc) is 3.01. The number of rotatable bonds is 6. The zero-order valence-electron chi connectivity index (χ0n) is 14.5. The minimum atomic E-state index is -0.763. The highest BCUT2D eigenvalue weighted by Gasteiger charge is 2.25. The molecule has 0 radical (unpaired) electrons. The van der Waals surface area contributed by atoms with E-state index in [4.69, 9.17) is 13.9 Å². The molecule has 134 valence electrons. The molecule has 26 heavy (non-hydrogen) atoms. The number of fused-ring (bicyclic) bond motifs is 1. The van der Waals surface area contributed by atoms with Crippen molar-refractivity contribution in [1.29, 1.82) is 0 Å². The first-order valence-electron chi connectivity index (χ1n) is 8.31. The summed E-state index contributed by atoms with van der Waals surface area (Å²) in [5.41, 5.74) is 0.773. The van der Waals surface area contributed by atoms with Crippen LogP contribution in [0.4, 0.5) is 5.69 Å². The molecule has 3 aromatic rings. The zero-order valence-corrected chi connectivity index (χ0v) is 14.5. The number of nitrogens with one attached hydrogen (secondary N) is 1. The van der Waals surface area contributed by atoms with Crippen LogP contribution in [0.2, 0.25) is 0 Å². The van der Waals surface area contributed by atoms with Crippen molar-refractivity contribution in [2.24, 2.45) is 0 Å². The number of hydrogen-bond acceptors (Lipinski definition) is 5. The van der Waals surface area contributed by atoms with Crippen LogP contribution in [0.3, 0.4) is 0 Å². The largest absolute Gasteiger partial charge is 0.481 e. The van der Waals surface area contributed by atoms with Crippen LogP contribution >= 0.6 is 0 Å². The molecule has 0 bridgehead atoms. The molecule has 0 aliphatic rings. The van der Waals surface area contributed by atoms with Gasteiger partial charge in [0.05, 0.1) is 6.61 Å². The Morgan fingerprint density at radius 1 is 1.08 bits per heavy atom. The van der Waals surface area contributed by atoms with Gasteiger partial charge in [-0.1, -0.05) is 30.3 Å². The summed E-state index contributed by atoms with van der Waals surface area (Å²) in [7, 11) is 0. The third kappa shape index (κ3) is 3.69. The fourth-order valence-electron chi connectivity index (χ4n) is 2.49. The minimum Gasteiger partial charge on any atom is -0.481 e. The molecule has 6 heteroatoms. The van der Waals surface area contributed by atoms with Crippen LogP contribution in [0.1, 0.15) is 24.4 Å². The monoisotopic (exact) mass is 353 g/mol. The first-order valence-corrected chi connectivity index (χ1v) is 8.31. The lowest BCUT2D eigenvalue weighted by Crippen LogP contribution is -2.30. The van der Waals surface area contributed by atoms with E-state index < -0.39 is 18.0 Å². The Hall–Kier alpha value is -3.28. The molecule has 1 atom stereocenters. The molecule has 0 unspecified atom stereocenters. The lowest BCUT2D eigenvalue weighted by Gasteiger charge is -2.14. The summed E-state index contributed by atoms with van der Waals surface area (Å²) in [4.78, 5) is 24.7. The number of furan rings is 1. The smallest absolute Gasteiger partial charge is 0.376 e. The van der Waals surface area contributed by atoms with Crippen molar-refractivity contribution in [3.8, 4) is 5.75 Å². The van der Waals surface area contributed by atoms with Crippen molar-refractivity contribution in [3.05, 3.63) is 60.4 Å². The van der Waals surface area contributed by atoms with E-state index in [1.807, 2.05) is 18.2 Å². The molecule has 0 spiro atoms. The third-order valence-electron chi connectivity index (χ3n) is 3.73. The Balaban J connectivity index is 1.85. The maximum atomic E-state index is 12.6. The van der Waals surface area contributed by atoms with Crippen molar-refractivity contribution >= 4 is 28.5 Å². The number of carbonyl (C=O) groups excluding carboxylic acids is 2. The Bertz CT molecular complexity index is 916. The fraction of sp³-hybridized carbons (Fsp3) is 0.200. The van der Waals surface area contributed by atoms with Crippen LogP contribution in [-0.2, 0) is 9.53 Å². The van der Waals surface area contributed by atoms with Crippen molar-refractivity contribution in [1.82, 2.24) is 0 Å². The lowest BCUT2D eigenvalue weighted by atomic mass is 10.2. The Labute approximate surface area is 150 Å². The number of carbonyl (C=O) groups is 2. The second-order valence-electron chi connectivity index (χ2n) is 5.59. The molecule has 1 amide bonds. The Kier molecular flexibility index (Phi) is 5.22. The van der Waals surface area contributed by atoms with E-state index >= 15 is 0 Å². The van der Waals surface area contributed by atoms with Gasteiger partial charge in [-0.05, 0) is 38.1 Å². The van der Waals surface area contributed by atoms with Crippen LogP contribution in [0.15, 0.2) is 59.0 Å². The summed E-state index contributed by atoms with van der Waals surface area (Å²) in [6.45, 7) is 3.54. The lowest BCUT2D eigenvalue weighted by molar-refractivity contribution is -0.122. The maximum absolute atomic E-state index is 12.6. The van der Waals surface area contributed by atoms with E-state index in [0.717, 1.165) is 0 Å². The Morgan fingerprint density at radius 2 is 1.77 bits per heavy atom. The van der Waals surface area contributed by atoms with Crippen LogP contribution in [0, 0.1) is 0 Å². The number of amides is 1. The van der Waals surface area contributed by atoms with Gasteiger partial charge in [0.2, 0.25) is 5.76 Å². The van der Waals surface area contributed by atoms with E-state index in [1.54, 1.807) is 50.2 Å². The second-order valence-corrected chi connectivity index (χ2v) is 5.59. The molecule has 3 rings (SSSR count). The predicted molar refractivity (Wildman–Crippen MR) is 97.3 cm³/mol. The van der Waals surface area contributed by atoms with Gasteiger partial charge in [0.15, 0.2) is 6.10 Å². The molecule has 2 aromatic carbocycles. The first-order chi connectivity index (χ1) is 12.6. The molecule has 1 N–H and O–H groups in total. The summed E-state index contributed by atoms with van der Waals surface area (Å²) in [5, 5.41) is 3.36. The van der Waals surface area contributed by atoms with Crippen LogP contribution in [0.25, 0.3) is 11.0 Å². The summed E-state index contributed by atoms with van der Waals surface area (Å²) < 4.78 is 16.2. The number of esters is 1. The van der Waals surface area contributed by atoms with Crippen LogP contribution < -0.4 is 10.1 Å². The second kappa shape index (κ2) is 7.74. The highest BCUT2D eigenvalue weighted by atomic mass is 16.5. The summed E-state index contributed by atoms with van der Waals surface area (Å²) in [5.74, 6) is -0.479. The van der Waals surface area contributed by atoms with Gasteiger partial charge in [0.1, 0.15) is 17.0 Å². The molecule has 0 saturated carbocycles. The van der Waals surface area contributed by atoms with Gasteiger partial charge in [-0.25, -0.2) is 4.79 Å². The van der Waals surface area contributed by atoms with E-state index in [1.165, 1.54) is 0 Å². The third-order valence-corrected chi connectivity index (χ3v) is 3.73. The number of para-hydroxylation sites is 2. The average molecular weight is 353 g/mol. The van der Waals surface area contributed by atoms with Gasteiger partial charge >= 0.3 is 5.97 Å². The molecule has 0 fully saturated rings. The van der Waals surface area contributed by atoms with Gasteiger partial charge in [-0.15, -0.1) is 0 Å². The van der Waals surface area contributed by atoms with E-state index in [-0.39, 0.29) is 18.1 Å². The zero-order chi connectivity index (χ0) is 18.5. The summed E-state index contributed by atoms with van der Waals surface area (Å²) in [6, 6.07) is 16.1. The molecular weight excluding hydrogens is 334 g/mol. The first kappa shape index (κ1) is 17.5. The fourth-order valence-corrected chi connectivity index (χ4v) is 2.49. The van der Waals surface area contributed by atoms with Gasteiger partial charge in [0.25, 0.3) is 5.91 Å². The van der Waals surface area contributed by atoms with Crippen molar-refractivity contribution in [2.45, 2.75) is 20.0 Å². The highest BCUT2D eigenvalue weighted by Crippen LogP contribution is 2.31. The minimum absolute atomic E-state index is 0.0340. The normalized spacial score (nSPS) is 11.8. The van der Waals surface area contributed by atoms with Gasteiger partial charge in [0, 0.05) is 5.39 Å². The predicted octanol–water partition coefficient (Wildman–Crippen LogP) is 4.02. The molecular formula is C20H19NO5. The van der Waals surface area contributed by atoms with Crippen LogP contribution in [0.5, 0.6) is 5.75 Å². The summed E-state index contributed by atoms with van der Waals surface area (Å²) >= 11 is 0. The molecule has 0 aliphatic heterocycles. The van der Waals surface area contributed by atoms with Gasteiger partial charge in [-0.2, -0.15) is 0 Å². The SMILES string of the molecule is CCOC(=O)c1oc2ccccc2c1NC(=O)[C@@H](C)Oc1ccccc1. The number of anilines is 1. The quantitative estimate of drug-likeness (QED) is 0.677. The van der Waals surface area contributed by atoms with E-state index in [0.29, 0.717) is 16.7 Å². The molecule has 6 nitrogen and oxygen atoms in total.